The molecule has 0 spiro atoms. The molecule has 198 valence electrons. The number of piperazine rings is 1. The lowest BCUT2D eigenvalue weighted by molar-refractivity contribution is 0.0723. The summed E-state index contributed by atoms with van der Waals surface area (Å²) in [5.74, 6) is 0.960. The van der Waals surface area contributed by atoms with Crippen LogP contribution in [-0.2, 0) is 11.3 Å². The average Bonchev–Trinajstić information content (AvgIpc) is 3.25. The molecule has 0 bridgehead atoms. The summed E-state index contributed by atoms with van der Waals surface area (Å²) in [7, 11) is 1.67. The fourth-order valence-electron chi connectivity index (χ4n) is 4.74. The van der Waals surface area contributed by atoms with E-state index in [1.807, 2.05) is 34.7 Å². The molecular weight excluding hydrogens is 509 g/mol. The number of halogens is 2. The molecule has 1 aliphatic rings. The Morgan fingerprint density at radius 1 is 1.05 bits per heavy atom. The third-order valence-electron chi connectivity index (χ3n) is 6.86. The van der Waals surface area contributed by atoms with Gasteiger partial charge in [0.05, 0.1) is 28.0 Å². The van der Waals surface area contributed by atoms with Crippen LogP contribution in [0.3, 0.4) is 0 Å². The number of carbonyl (C=O) groups is 1. The number of ether oxygens (including phenoxy) is 1. The number of benzene rings is 2. The van der Waals surface area contributed by atoms with Crippen LogP contribution in [0.15, 0.2) is 48.5 Å². The second-order valence-corrected chi connectivity index (χ2v) is 10.1. The molecule has 4 rings (SSSR count). The second-order valence-electron chi connectivity index (χ2n) is 9.26. The second kappa shape index (κ2) is 12.8. The Morgan fingerprint density at radius 3 is 2.43 bits per heavy atom. The van der Waals surface area contributed by atoms with Gasteiger partial charge in [-0.25, -0.2) is 4.68 Å². The van der Waals surface area contributed by atoms with Crippen LogP contribution in [0, 0.1) is 6.92 Å². The maximum Gasteiger partial charge on any atom is 0.254 e. The third kappa shape index (κ3) is 6.47. The van der Waals surface area contributed by atoms with Crippen molar-refractivity contribution in [2.45, 2.75) is 26.8 Å². The van der Waals surface area contributed by atoms with E-state index in [4.69, 9.17) is 33.0 Å². The molecule has 0 atom stereocenters. The molecule has 2 aromatic carbocycles. The largest absolute Gasteiger partial charge is 0.385 e. The normalized spacial score (nSPS) is 14.2. The van der Waals surface area contributed by atoms with Crippen LogP contribution < -0.4 is 4.90 Å². The minimum Gasteiger partial charge on any atom is -0.385 e. The van der Waals surface area contributed by atoms with E-state index in [1.54, 1.807) is 25.3 Å². The molecule has 0 unspecified atom stereocenters. The van der Waals surface area contributed by atoms with E-state index in [1.165, 1.54) is 0 Å². The van der Waals surface area contributed by atoms with Gasteiger partial charge < -0.3 is 19.4 Å². The lowest BCUT2D eigenvalue weighted by Gasteiger charge is -2.36. The van der Waals surface area contributed by atoms with Crippen molar-refractivity contribution >= 4 is 34.9 Å². The van der Waals surface area contributed by atoms with Crippen molar-refractivity contribution in [2.24, 2.45) is 0 Å². The van der Waals surface area contributed by atoms with Gasteiger partial charge in [0.15, 0.2) is 0 Å². The van der Waals surface area contributed by atoms with Gasteiger partial charge in [0.2, 0.25) is 0 Å². The summed E-state index contributed by atoms with van der Waals surface area (Å²) < 4.78 is 7.31. The quantitative estimate of drug-likeness (QED) is 0.324. The molecule has 0 N–H and O–H groups in total. The fraction of sp³-hybridized carbons (Fsp3) is 0.429. The summed E-state index contributed by atoms with van der Waals surface area (Å²) in [5.41, 5.74) is 3.49. The molecule has 9 heteroatoms. The van der Waals surface area contributed by atoms with E-state index in [2.05, 4.69) is 28.9 Å². The number of methoxy groups -OCH3 is 1. The number of aromatic nitrogens is 2. The summed E-state index contributed by atoms with van der Waals surface area (Å²) in [4.78, 5) is 20.4. The van der Waals surface area contributed by atoms with Gasteiger partial charge in [-0.2, -0.15) is 5.10 Å². The highest BCUT2D eigenvalue weighted by atomic mass is 35.5. The van der Waals surface area contributed by atoms with Crippen molar-refractivity contribution in [2.75, 3.05) is 57.9 Å². The number of amides is 1. The van der Waals surface area contributed by atoms with Crippen LogP contribution in [0.5, 0.6) is 0 Å². The van der Waals surface area contributed by atoms with Crippen molar-refractivity contribution in [3.63, 3.8) is 0 Å². The minimum absolute atomic E-state index is 0.0942. The number of rotatable bonds is 10. The number of carbonyl (C=O) groups excluding carboxylic acids is 1. The number of aryl methyl sites for hydroxylation is 1. The van der Waals surface area contributed by atoms with E-state index in [0.29, 0.717) is 35.3 Å². The van der Waals surface area contributed by atoms with Crippen LogP contribution in [0.4, 0.5) is 5.82 Å². The molecule has 1 amide bonds. The number of para-hydroxylation sites is 1. The van der Waals surface area contributed by atoms with Crippen molar-refractivity contribution < 1.29 is 9.53 Å². The van der Waals surface area contributed by atoms with Crippen molar-refractivity contribution in [3.05, 3.63) is 75.4 Å². The van der Waals surface area contributed by atoms with Gasteiger partial charge in [-0.1, -0.05) is 48.3 Å². The van der Waals surface area contributed by atoms with Crippen LogP contribution >= 0.6 is 23.2 Å². The Bertz CT molecular complexity index is 1190. The predicted octanol–water partition coefficient (Wildman–Crippen LogP) is 5.31. The Labute approximate surface area is 229 Å². The van der Waals surface area contributed by atoms with Gasteiger partial charge in [-0.05, 0) is 50.2 Å². The Morgan fingerprint density at radius 2 is 1.78 bits per heavy atom. The van der Waals surface area contributed by atoms with Gasteiger partial charge in [-0.15, -0.1) is 0 Å². The summed E-state index contributed by atoms with van der Waals surface area (Å²) in [5, 5.41) is 5.76. The molecule has 1 saturated heterocycles. The molecule has 0 saturated carbocycles. The summed E-state index contributed by atoms with van der Waals surface area (Å²) in [6.45, 7) is 10.6. The third-order valence-corrected chi connectivity index (χ3v) is 7.60. The van der Waals surface area contributed by atoms with Gasteiger partial charge >= 0.3 is 0 Å². The summed E-state index contributed by atoms with van der Waals surface area (Å²) in [6, 6.07) is 15.2. The SMILES string of the molecule is CCN1CCN(c2c(CN(CCCOC)C(=O)c3ccc(Cl)c(Cl)c3)c(C)nn2-c2ccccc2)CC1. The zero-order valence-electron chi connectivity index (χ0n) is 21.8. The average molecular weight is 545 g/mol. The topological polar surface area (TPSA) is 53.8 Å². The number of nitrogens with zero attached hydrogens (tertiary/aromatic N) is 5. The van der Waals surface area contributed by atoms with Gasteiger partial charge in [-0.3, -0.25) is 4.79 Å². The summed E-state index contributed by atoms with van der Waals surface area (Å²) >= 11 is 12.4. The van der Waals surface area contributed by atoms with Gasteiger partial charge in [0.25, 0.3) is 5.91 Å². The minimum atomic E-state index is -0.0942. The van der Waals surface area contributed by atoms with Crippen molar-refractivity contribution in [1.82, 2.24) is 19.6 Å². The summed E-state index contributed by atoms with van der Waals surface area (Å²) in [6.07, 6.45) is 0.722. The maximum absolute atomic E-state index is 13.7. The first-order valence-corrected chi connectivity index (χ1v) is 13.5. The lowest BCUT2D eigenvalue weighted by atomic mass is 10.1. The predicted molar refractivity (Wildman–Crippen MR) is 150 cm³/mol. The zero-order chi connectivity index (χ0) is 26.4. The number of hydrogen-bond acceptors (Lipinski definition) is 5. The number of likely N-dealkylation sites (N-methyl/N-ethyl adjacent to an activating group) is 1. The molecule has 0 aliphatic carbocycles. The maximum atomic E-state index is 13.7. The molecule has 3 aromatic rings. The fourth-order valence-corrected chi connectivity index (χ4v) is 5.04. The highest BCUT2D eigenvalue weighted by Gasteiger charge is 2.28. The van der Waals surface area contributed by atoms with E-state index in [9.17, 15) is 4.79 Å². The van der Waals surface area contributed by atoms with Crippen molar-refractivity contribution in [1.29, 1.82) is 0 Å². The van der Waals surface area contributed by atoms with E-state index >= 15 is 0 Å². The monoisotopic (exact) mass is 543 g/mol. The van der Waals surface area contributed by atoms with Crippen LogP contribution in [-0.4, -0.2) is 78.5 Å². The molecule has 37 heavy (non-hydrogen) atoms. The Balaban J connectivity index is 1.72. The van der Waals surface area contributed by atoms with E-state index in [0.717, 1.165) is 61.9 Å². The first kappa shape index (κ1) is 27.5. The van der Waals surface area contributed by atoms with E-state index < -0.39 is 0 Å². The first-order chi connectivity index (χ1) is 17.9. The highest BCUT2D eigenvalue weighted by Crippen LogP contribution is 2.31. The molecule has 1 aromatic heterocycles. The van der Waals surface area contributed by atoms with Crippen LogP contribution in [0.2, 0.25) is 10.0 Å². The molecule has 7 nitrogen and oxygen atoms in total. The molecule has 2 heterocycles. The Hall–Kier alpha value is -2.58. The van der Waals surface area contributed by atoms with Gasteiger partial charge in [0, 0.05) is 57.6 Å². The van der Waals surface area contributed by atoms with Crippen molar-refractivity contribution in [3.8, 4) is 5.69 Å². The molecule has 0 radical (unpaired) electrons. The van der Waals surface area contributed by atoms with Crippen LogP contribution in [0.1, 0.15) is 35.0 Å². The van der Waals surface area contributed by atoms with Gasteiger partial charge in [0.1, 0.15) is 5.82 Å². The highest BCUT2D eigenvalue weighted by molar-refractivity contribution is 6.42. The van der Waals surface area contributed by atoms with E-state index in [-0.39, 0.29) is 5.91 Å². The van der Waals surface area contributed by atoms with Crippen LogP contribution in [0.25, 0.3) is 5.69 Å². The number of hydrogen-bond donors (Lipinski definition) is 0. The standard InChI is InChI=1S/C28H35Cl2N5O2/c1-4-32-14-16-33(17-15-32)27-24(21(2)31-35(27)23-9-6-5-7-10-23)20-34(13-8-18-37-3)28(36)22-11-12-25(29)26(30)19-22/h5-7,9-12,19H,4,8,13-18,20H2,1-3H3. The molecule has 1 fully saturated rings. The lowest BCUT2D eigenvalue weighted by Crippen LogP contribution is -2.47. The molecule has 1 aliphatic heterocycles. The Kier molecular flexibility index (Phi) is 9.49. The molecular formula is C28H35Cl2N5O2. The zero-order valence-corrected chi connectivity index (χ0v) is 23.3. The smallest absolute Gasteiger partial charge is 0.254 e. The number of anilines is 1. The first-order valence-electron chi connectivity index (χ1n) is 12.8.